The van der Waals surface area contributed by atoms with Crippen LogP contribution in [0.5, 0.6) is 0 Å². The number of halogens is 1. The Morgan fingerprint density at radius 1 is 0.923 bits per heavy atom. The highest BCUT2D eigenvalue weighted by Crippen LogP contribution is 2.10. The highest BCUT2D eigenvalue weighted by atomic mass is 19.1. The fourth-order valence-corrected chi connectivity index (χ4v) is 2.33. The Morgan fingerprint density at radius 3 is 2.42 bits per heavy atom. The fraction of sp³-hybridized carbons (Fsp3) is 0.0500. The Bertz CT molecular complexity index is 929. The van der Waals surface area contributed by atoms with Crippen molar-refractivity contribution in [3.63, 3.8) is 0 Å². The maximum atomic E-state index is 13.6. The average molecular weight is 349 g/mol. The second-order valence-electron chi connectivity index (χ2n) is 5.52. The van der Waals surface area contributed by atoms with E-state index in [1.54, 1.807) is 42.5 Å². The summed E-state index contributed by atoms with van der Waals surface area (Å²) in [6.07, 6.45) is 1.39. The predicted molar refractivity (Wildman–Crippen MR) is 96.2 cm³/mol. The van der Waals surface area contributed by atoms with Crippen molar-refractivity contribution in [1.82, 2.24) is 10.3 Å². The number of aromatic nitrogens is 1. The number of anilines is 1. The van der Waals surface area contributed by atoms with E-state index < -0.39 is 11.8 Å². The van der Waals surface area contributed by atoms with Gasteiger partial charge in [0.15, 0.2) is 0 Å². The van der Waals surface area contributed by atoms with Crippen LogP contribution in [0.1, 0.15) is 26.4 Å². The highest BCUT2D eigenvalue weighted by molar-refractivity contribution is 6.04. The minimum absolute atomic E-state index is 0.0549. The van der Waals surface area contributed by atoms with Crippen molar-refractivity contribution in [2.75, 3.05) is 5.32 Å². The molecule has 1 aromatic heterocycles. The van der Waals surface area contributed by atoms with Gasteiger partial charge in [-0.15, -0.1) is 0 Å². The third-order valence-electron chi connectivity index (χ3n) is 3.68. The number of nitrogens with one attached hydrogen (secondary N) is 2. The average Bonchev–Trinajstić information content (AvgIpc) is 2.68. The van der Waals surface area contributed by atoms with Gasteiger partial charge in [-0.1, -0.05) is 36.4 Å². The zero-order valence-corrected chi connectivity index (χ0v) is 13.8. The van der Waals surface area contributed by atoms with Crippen LogP contribution in [0, 0.1) is 5.82 Å². The Kier molecular flexibility index (Phi) is 5.34. The molecule has 26 heavy (non-hydrogen) atoms. The number of para-hydroxylation sites is 1. The second-order valence-corrected chi connectivity index (χ2v) is 5.52. The molecule has 0 aliphatic rings. The molecule has 0 aliphatic heterocycles. The van der Waals surface area contributed by atoms with Crippen molar-refractivity contribution in [2.24, 2.45) is 0 Å². The van der Waals surface area contributed by atoms with E-state index in [1.807, 2.05) is 6.07 Å². The molecule has 2 N–H and O–H groups in total. The topological polar surface area (TPSA) is 71.1 Å². The van der Waals surface area contributed by atoms with E-state index in [0.717, 1.165) is 0 Å². The molecule has 0 aliphatic carbocycles. The van der Waals surface area contributed by atoms with Gasteiger partial charge in [-0.2, -0.15) is 0 Å². The van der Waals surface area contributed by atoms with E-state index in [2.05, 4.69) is 15.6 Å². The van der Waals surface area contributed by atoms with E-state index in [0.29, 0.717) is 11.3 Å². The summed E-state index contributed by atoms with van der Waals surface area (Å²) in [5, 5.41) is 5.34. The third kappa shape index (κ3) is 4.30. The van der Waals surface area contributed by atoms with Gasteiger partial charge in [0, 0.05) is 29.6 Å². The Hall–Kier alpha value is -3.54. The summed E-state index contributed by atoms with van der Waals surface area (Å²) in [4.78, 5) is 28.5. The van der Waals surface area contributed by atoms with Crippen LogP contribution in [-0.2, 0) is 6.54 Å². The first-order valence-corrected chi connectivity index (χ1v) is 7.97. The van der Waals surface area contributed by atoms with Crippen LogP contribution in [0.15, 0.2) is 72.9 Å². The Balaban J connectivity index is 1.67. The molecule has 0 radical (unpaired) electrons. The molecular formula is C20H16FN3O2. The zero-order valence-electron chi connectivity index (χ0n) is 13.8. The highest BCUT2D eigenvalue weighted by Gasteiger charge is 2.12. The van der Waals surface area contributed by atoms with Crippen molar-refractivity contribution >= 4 is 17.5 Å². The van der Waals surface area contributed by atoms with Gasteiger partial charge in [0.1, 0.15) is 11.5 Å². The van der Waals surface area contributed by atoms with E-state index in [1.165, 1.54) is 24.4 Å². The van der Waals surface area contributed by atoms with Crippen LogP contribution < -0.4 is 10.6 Å². The van der Waals surface area contributed by atoms with E-state index in [-0.39, 0.29) is 23.6 Å². The number of carbonyl (C=O) groups is 2. The maximum absolute atomic E-state index is 13.6. The first-order valence-electron chi connectivity index (χ1n) is 7.97. The summed E-state index contributed by atoms with van der Waals surface area (Å²) in [6.45, 7) is 0.0549. The molecule has 0 fully saturated rings. The molecule has 2 amide bonds. The number of carbonyl (C=O) groups excluding carboxylic acids is 2. The van der Waals surface area contributed by atoms with Gasteiger partial charge in [0.2, 0.25) is 0 Å². The summed E-state index contributed by atoms with van der Waals surface area (Å²) < 4.78 is 13.6. The molecule has 0 atom stereocenters. The van der Waals surface area contributed by atoms with Crippen molar-refractivity contribution in [3.8, 4) is 0 Å². The predicted octanol–water partition coefficient (Wildman–Crippen LogP) is 3.40. The summed E-state index contributed by atoms with van der Waals surface area (Å²) >= 11 is 0. The van der Waals surface area contributed by atoms with Gasteiger partial charge < -0.3 is 10.6 Å². The molecule has 0 spiro atoms. The molecule has 3 aromatic rings. The SMILES string of the molecule is O=C(NCc1ccccc1F)c1ccnc(C(=O)Nc2ccccc2)c1. The summed E-state index contributed by atoms with van der Waals surface area (Å²) in [7, 11) is 0. The van der Waals surface area contributed by atoms with Gasteiger partial charge in [0.25, 0.3) is 11.8 Å². The number of pyridine rings is 1. The van der Waals surface area contributed by atoms with Crippen LogP contribution >= 0.6 is 0 Å². The first-order chi connectivity index (χ1) is 12.6. The Morgan fingerprint density at radius 2 is 1.65 bits per heavy atom. The van der Waals surface area contributed by atoms with Crippen molar-refractivity contribution in [3.05, 3.63) is 95.6 Å². The molecule has 0 unspecified atom stereocenters. The van der Waals surface area contributed by atoms with E-state index in [4.69, 9.17) is 0 Å². The number of benzene rings is 2. The zero-order chi connectivity index (χ0) is 18.4. The summed E-state index contributed by atoms with van der Waals surface area (Å²) in [5.41, 5.74) is 1.41. The lowest BCUT2D eigenvalue weighted by molar-refractivity contribution is 0.0950. The van der Waals surface area contributed by atoms with Gasteiger partial charge in [0.05, 0.1) is 0 Å². The summed E-state index contributed by atoms with van der Waals surface area (Å²) in [5.74, 6) is -1.21. The first kappa shape index (κ1) is 17.3. The van der Waals surface area contributed by atoms with Gasteiger partial charge >= 0.3 is 0 Å². The lowest BCUT2D eigenvalue weighted by Gasteiger charge is -2.08. The quantitative estimate of drug-likeness (QED) is 0.742. The molecule has 130 valence electrons. The fourth-order valence-electron chi connectivity index (χ4n) is 2.33. The number of amides is 2. The van der Waals surface area contributed by atoms with Gasteiger partial charge in [-0.25, -0.2) is 4.39 Å². The van der Waals surface area contributed by atoms with Crippen LogP contribution in [0.4, 0.5) is 10.1 Å². The molecule has 1 heterocycles. The summed E-state index contributed by atoms with van der Waals surface area (Å²) in [6, 6.07) is 18.1. The van der Waals surface area contributed by atoms with Crippen molar-refractivity contribution in [1.29, 1.82) is 0 Å². The van der Waals surface area contributed by atoms with Crippen molar-refractivity contribution in [2.45, 2.75) is 6.54 Å². The van der Waals surface area contributed by atoms with Crippen LogP contribution in [0.25, 0.3) is 0 Å². The molecule has 2 aromatic carbocycles. The largest absolute Gasteiger partial charge is 0.348 e. The molecular weight excluding hydrogens is 333 g/mol. The number of hydrogen-bond donors (Lipinski definition) is 2. The van der Waals surface area contributed by atoms with Crippen LogP contribution in [0.2, 0.25) is 0 Å². The van der Waals surface area contributed by atoms with E-state index >= 15 is 0 Å². The van der Waals surface area contributed by atoms with Gasteiger partial charge in [-0.05, 0) is 30.3 Å². The molecule has 0 saturated carbocycles. The van der Waals surface area contributed by atoms with Crippen molar-refractivity contribution < 1.29 is 14.0 Å². The minimum atomic E-state index is -0.417. The lowest BCUT2D eigenvalue weighted by Crippen LogP contribution is -2.24. The Labute approximate surface area is 149 Å². The number of rotatable bonds is 5. The molecule has 3 rings (SSSR count). The third-order valence-corrected chi connectivity index (χ3v) is 3.68. The molecule has 0 saturated heterocycles. The minimum Gasteiger partial charge on any atom is -0.348 e. The lowest BCUT2D eigenvalue weighted by atomic mass is 10.2. The van der Waals surface area contributed by atoms with E-state index in [9.17, 15) is 14.0 Å². The monoisotopic (exact) mass is 349 g/mol. The number of hydrogen-bond acceptors (Lipinski definition) is 3. The molecule has 0 bridgehead atoms. The van der Waals surface area contributed by atoms with Gasteiger partial charge in [-0.3, -0.25) is 14.6 Å². The molecule has 5 nitrogen and oxygen atoms in total. The maximum Gasteiger partial charge on any atom is 0.274 e. The second kappa shape index (κ2) is 8.02. The number of nitrogens with zero attached hydrogens (tertiary/aromatic N) is 1. The normalized spacial score (nSPS) is 10.2. The smallest absolute Gasteiger partial charge is 0.274 e. The van der Waals surface area contributed by atoms with Crippen LogP contribution in [0.3, 0.4) is 0 Å². The molecule has 6 heteroatoms. The van der Waals surface area contributed by atoms with Crippen LogP contribution in [-0.4, -0.2) is 16.8 Å². The standard InChI is InChI=1S/C20H16FN3O2/c21-17-9-5-4-6-15(17)13-23-19(25)14-10-11-22-18(12-14)20(26)24-16-7-2-1-3-8-16/h1-12H,13H2,(H,23,25)(H,24,26).